The Kier molecular flexibility index (Phi) is 3.81. The van der Waals surface area contributed by atoms with Crippen molar-refractivity contribution < 1.29 is 4.74 Å². The summed E-state index contributed by atoms with van der Waals surface area (Å²) in [5.74, 6) is 0. The number of hydrogen-bond acceptors (Lipinski definition) is 3. The third kappa shape index (κ3) is 2.86. The first-order valence-electron chi connectivity index (χ1n) is 10.1. The van der Waals surface area contributed by atoms with Gasteiger partial charge in [-0.05, 0) is 68.8 Å². The van der Waals surface area contributed by atoms with Crippen molar-refractivity contribution in [2.75, 3.05) is 0 Å². The van der Waals surface area contributed by atoms with Gasteiger partial charge in [-0.25, -0.2) is 0 Å². The Balaban J connectivity index is 1.37. The van der Waals surface area contributed by atoms with Gasteiger partial charge in [0.05, 0.1) is 12.2 Å². The highest BCUT2D eigenvalue weighted by Gasteiger charge is 2.34. The summed E-state index contributed by atoms with van der Waals surface area (Å²) in [4.78, 5) is 8.27. The number of benzene rings is 2. The Hall–Kier alpha value is -3.30. The summed E-state index contributed by atoms with van der Waals surface area (Å²) in [7, 11) is 0. The van der Waals surface area contributed by atoms with Crippen LogP contribution in [0.15, 0.2) is 85.5 Å². The fraction of sp³-hybridized carbons (Fsp3) is 0.154. The first-order chi connectivity index (χ1) is 14.3. The van der Waals surface area contributed by atoms with Crippen molar-refractivity contribution in [2.45, 2.75) is 25.0 Å². The van der Waals surface area contributed by atoms with E-state index in [9.17, 15) is 0 Å². The summed E-state index contributed by atoms with van der Waals surface area (Å²) >= 11 is 0. The van der Waals surface area contributed by atoms with Crippen molar-refractivity contribution >= 4 is 0 Å². The number of rotatable bonds is 2. The van der Waals surface area contributed by atoms with Crippen LogP contribution in [0.1, 0.15) is 34.5 Å². The van der Waals surface area contributed by atoms with E-state index in [1.54, 1.807) is 0 Å². The van der Waals surface area contributed by atoms with Crippen LogP contribution in [0.4, 0.5) is 0 Å². The highest BCUT2D eigenvalue weighted by Crippen LogP contribution is 2.46. The van der Waals surface area contributed by atoms with Crippen molar-refractivity contribution in [3.8, 4) is 22.3 Å². The number of hydrogen-bond donors (Lipinski definition) is 0. The molecule has 0 unspecified atom stereocenters. The molecule has 0 N–H and O–H groups in total. The number of pyridine rings is 2. The molecule has 2 aliphatic rings. The van der Waals surface area contributed by atoms with Crippen LogP contribution in [0.5, 0.6) is 0 Å². The second-order valence-corrected chi connectivity index (χ2v) is 7.82. The Bertz CT molecular complexity index is 1090. The zero-order valence-corrected chi connectivity index (χ0v) is 16.0. The lowest BCUT2D eigenvalue weighted by molar-refractivity contribution is -0.0391. The van der Waals surface area contributed by atoms with Crippen molar-refractivity contribution in [3.63, 3.8) is 0 Å². The third-order valence-corrected chi connectivity index (χ3v) is 6.15. The van der Waals surface area contributed by atoms with Gasteiger partial charge in [0, 0.05) is 37.6 Å². The molecular formula is C26H20N2O. The first-order valence-corrected chi connectivity index (χ1v) is 10.1. The molecule has 29 heavy (non-hydrogen) atoms. The maximum absolute atomic E-state index is 6.45. The van der Waals surface area contributed by atoms with Gasteiger partial charge < -0.3 is 4.74 Å². The molecule has 3 heteroatoms. The molecule has 0 amide bonds. The van der Waals surface area contributed by atoms with Gasteiger partial charge >= 0.3 is 0 Å². The Morgan fingerprint density at radius 1 is 0.552 bits per heavy atom. The van der Waals surface area contributed by atoms with Gasteiger partial charge in [-0.2, -0.15) is 0 Å². The van der Waals surface area contributed by atoms with Crippen LogP contribution in [0.2, 0.25) is 0 Å². The Morgan fingerprint density at radius 3 is 1.45 bits per heavy atom. The second-order valence-electron chi connectivity index (χ2n) is 7.82. The van der Waals surface area contributed by atoms with Gasteiger partial charge in [0.15, 0.2) is 0 Å². The van der Waals surface area contributed by atoms with Crippen molar-refractivity contribution in [1.82, 2.24) is 9.97 Å². The molecule has 2 aromatic carbocycles. The van der Waals surface area contributed by atoms with Gasteiger partial charge in [0.25, 0.3) is 0 Å². The number of nitrogens with zero attached hydrogens (tertiary/aromatic N) is 2. The van der Waals surface area contributed by atoms with E-state index in [1.165, 1.54) is 44.5 Å². The predicted octanol–water partition coefficient (Wildman–Crippen LogP) is 5.72. The smallest absolute Gasteiger partial charge is 0.0876 e. The molecule has 3 nitrogen and oxygen atoms in total. The topological polar surface area (TPSA) is 35.0 Å². The van der Waals surface area contributed by atoms with Crippen LogP contribution >= 0.6 is 0 Å². The number of ether oxygens (including phenoxy) is 1. The quantitative estimate of drug-likeness (QED) is 0.449. The van der Waals surface area contributed by atoms with Gasteiger partial charge in [0.2, 0.25) is 0 Å². The molecule has 0 saturated heterocycles. The lowest BCUT2D eigenvalue weighted by Crippen LogP contribution is -2.27. The third-order valence-electron chi connectivity index (χ3n) is 6.15. The number of aromatic nitrogens is 2. The summed E-state index contributed by atoms with van der Waals surface area (Å²) < 4.78 is 6.45. The van der Waals surface area contributed by atoms with Crippen LogP contribution in [-0.4, -0.2) is 9.97 Å². The van der Waals surface area contributed by atoms with Crippen LogP contribution in [0.25, 0.3) is 22.3 Å². The van der Waals surface area contributed by atoms with Crippen LogP contribution in [-0.2, 0) is 17.6 Å². The van der Waals surface area contributed by atoms with Gasteiger partial charge in [0.1, 0.15) is 0 Å². The molecule has 4 aromatic rings. The largest absolute Gasteiger partial charge is 0.365 e. The fourth-order valence-corrected chi connectivity index (χ4v) is 4.70. The van der Waals surface area contributed by atoms with Gasteiger partial charge in [-0.15, -0.1) is 0 Å². The van der Waals surface area contributed by atoms with E-state index in [-0.39, 0.29) is 12.2 Å². The molecule has 0 radical (unpaired) electrons. The van der Waals surface area contributed by atoms with Gasteiger partial charge in [-0.1, -0.05) is 36.4 Å². The zero-order chi connectivity index (χ0) is 19.2. The van der Waals surface area contributed by atoms with Crippen LogP contribution in [0, 0.1) is 0 Å². The average Bonchev–Trinajstić information content (AvgIpc) is 2.79. The normalized spacial score (nSPS) is 19.3. The summed E-state index contributed by atoms with van der Waals surface area (Å²) in [5.41, 5.74) is 10.4. The molecule has 140 valence electrons. The molecule has 2 atom stereocenters. The van der Waals surface area contributed by atoms with E-state index in [4.69, 9.17) is 4.74 Å². The van der Waals surface area contributed by atoms with E-state index >= 15 is 0 Å². The van der Waals surface area contributed by atoms with Gasteiger partial charge in [-0.3, -0.25) is 9.97 Å². The van der Waals surface area contributed by atoms with E-state index in [2.05, 4.69) is 70.6 Å². The lowest BCUT2D eigenvalue weighted by atomic mass is 9.80. The van der Waals surface area contributed by atoms with E-state index in [0.717, 1.165) is 12.8 Å². The van der Waals surface area contributed by atoms with Crippen LogP contribution in [0.3, 0.4) is 0 Å². The first kappa shape index (κ1) is 16.6. The average molecular weight is 376 g/mol. The Labute approximate surface area is 170 Å². The summed E-state index contributed by atoms with van der Waals surface area (Å²) in [6, 6.07) is 21.9. The molecule has 6 rings (SSSR count). The Morgan fingerprint density at radius 2 is 1.00 bits per heavy atom. The van der Waals surface area contributed by atoms with E-state index in [1.807, 2.05) is 24.8 Å². The van der Waals surface area contributed by atoms with Crippen LogP contribution < -0.4 is 0 Å². The van der Waals surface area contributed by atoms with Crippen molar-refractivity contribution in [3.05, 3.63) is 108 Å². The standard InChI is InChI=1S/C26H20N2O/c1-3-23-21(13-19(1)17-5-9-27-10-6-17)15-26-24-4-2-20(18-7-11-28-12-8-18)14-22(24)16-25(23)29-26/h1-14,25-26H,15-16H2/t25-,26-/m1/s1. The highest BCUT2D eigenvalue weighted by atomic mass is 16.5. The molecule has 2 aliphatic heterocycles. The van der Waals surface area contributed by atoms with E-state index < -0.39 is 0 Å². The fourth-order valence-electron chi connectivity index (χ4n) is 4.70. The minimum atomic E-state index is 0.135. The second kappa shape index (κ2) is 6.64. The maximum Gasteiger partial charge on any atom is 0.0876 e. The van der Waals surface area contributed by atoms with E-state index in [0.29, 0.717) is 0 Å². The SMILES string of the molecule is c1cc(-c2ccc3c(c2)C[C@H]2O[C@@H]3Cc3cc(-c4ccncc4)ccc32)ccn1. The minimum Gasteiger partial charge on any atom is -0.365 e. The molecule has 0 spiro atoms. The monoisotopic (exact) mass is 376 g/mol. The predicted molar refractivity (Wildman–Crippen MR) is 113 cm³/mol. The van der Waals surface area contributed by atoms with Crippen molar-refractivity contribution in [1.29, 1.82) is 0 Å². The zero-order valence-electron chi connectivity index (χ0n) is 16.0. The molecule has 2 bridgehead atoms. The molecule has 0 saturated carbocycles. The summed E-state index contributed by atoms with van der Waals surface area (Å²) in [6.45, 7) is 0. The lowest BCUT2D eigenvalue weighted by Gasteiger charge is -2.38. The molecule has 0 aliphatic carbocycles. The summed E-state index contributed by atoms with van der Waals surface area (Å²) in [5, 5.41) is 0. The molecule has 4 heterocycles. The highest BCUT2D eigenvalue weighted by molar-refractivity contribution is 5.66. The minimum absolute atomic E-state index is 0.135. The van der Waals surface area contributed by atoms with Crippen molar-refractivity contribution in [2.24, 2.45) is 0 Å². The number of fused-ring (bicyclic) bond motifs is 6. The molecular weight excluding hydrogens is 356 g/mol. The summed E-state index contributed by atoms with van der Waals surface area (Å²) in [6.07, 6.45) is 9.52. The maximum atomic E-state index is 6.45. The molecule has 2 aromatic heterocycles. The molecule has 0 fully saturated rings.